The molecule has 0 spiro atoms. The third-order valence-electron chi connectivity index (χ3n) is 7.37. The van der Waals surface area contributed by atoms with E-state index in [-0.39, 0.29) is 0 Å². The smallest absolute Gasteiger partial charge is 0.180 e. The fourth-order valence-electron chi connectivity index (χ4n) is 5.22. The lowest BCUT2D eigenvalue weighted by atomic mass is 10.1. The minimum Gasteiger partial charge on any atom is -0.452 e. The topological polar surface area (TPSA) is 77.6 Å². The maximum Gasteiger partial charge on any atom is 0.180 e. The Balaban J connectivity index is 1.27. The third kappa shape index (κ3) is 4.61. The highest BCUT2D eigenvalue weighted by molar-refractivity contribution is 6.07. The van der Waals surface area contributed by atoms with Crippen LogP contribution >= 0.6 is 0 Å². The van der Waals surface area contributed by atoms with Crippen LogP contribution in [0.15, 0.2) is 144 Å². The first-order valence-corrected chi connectivity index (χ1v) is 14.0. The van der Waals surface area contributed by atoms with E-state index >= 15 is 0 Å². The van der Waals surface area contributed by atoms with Gasteiger partial charge in [-0.15, -0.1) is 0 Å². The molecule has 0 atom stereocenters. The number of fused-ring (bicyclic) bond motifs is 3. The molecule has 0 radical (unpaired) electrons. The molecule has 0 unspecified atom stereocenters. The van der Waals surface area contributed by atoms with Gasteiger partial charge in [0.1, 0.15) is 16.8 Å². The normalized spacial score (nSPS) is 11.3. The van der Waals surface area contributed by atoms with Crippen LogP contribution < -0.4 is 0 Å². The van der Waals surface area contributed by atoms with Gasteiger partial charge in [-0.05, 0) is 12.1 Å². The summed E-state index contributed by atoms with van der Waals surface area (Å²) in [5.74, 6) is 2.50. The molecule has 0 aliphatic rings. The zero-order valence-electron chi connectivity index (χ0n) is 22.9. The van der Waals surface area contributed by atoms with Crippen molar-refractivity contribution in [1.29, 1.82) is 0 Å². The van der Waals surface area contributed by atoms with E-state index in [1.54, 1.807) is 0 Å². The Hall–Kier alpha value is -6.01. The second kappa shape index (κ2) is 10.4. The van der Waals surface area contributed by atoms with Crippen LogP contribution in [0.5, 0.6) is 0 Å². The van der Waals surface area contributed by atoms with Gasteiger partial charge in [0.15, 0.2) is 28.9 Å². The van der Waals surface area contributed by atoms with Gasteiger partial charge in [-0.2, -0.15) is 0 Å². The molecule has 0 saturated carbocycles. The van der Waals surface area contributed by atoms with Gasteiger partial charge in [-0.25, -0.2) is 24.9 Å². The van der Waals surface area contributed by atoms with Crippen LogP contribution in [0, 0.1) is 0 Å². The SMILES string of the molecule is c1ccc(-c2nc(-c3ccccc3)nc(-c3ccc(-c4nc(-c5ccccc5)nc5c4oc4ccccc45)cc3)n2)cc1. The molecule has 8 rings (SSSR count). The summed E-state index contributed by atoms with van der Waals surface area (Å²) in [6.07, 6.45) is 0. The summed E-state index contributed by atoms with van der Waals surface area (Å²) < 4.78 is 6.32. The Morgan fingerprint density at radius 3 is 1.30 bits per heavy atom. The van der Waals surface area contributed by atoms with Crippen molar-refractivity contribution in [2.24, 2.45) is 0 Å². The van der Waals surface area contributed by atoms with Gasteiger partial charge in [-0.3, -0.25) is 0 Å². The molecule has 43 heavy (non-hydrogen) atoms. The molecule has 0 aliphatic carbocycles. The van der Waals surface area contributed by atoms with Crippen molar-refractivity contribution in [2.75, 3.05) is 0 Å². The fourth-order valence-corrected chi connectivity index (χ4v) is 5.22. The second-order valence-electron chi connectivity index (χ2n) is 10.2. The van der Waals surface area contributed by atoms with Gasteiger partial charge in [0, 0.05) is 33.2 Å². The predicted molar refractivity (Wildman–Crippen MR) is 170 cm³/mol. The summed E-state index contributed by atoms with van der Waals surface area (Å²) in [5, 5.41) is 0.960. The molecule has 0 bridgehead atoms. The number of furan rings is 1. The Morgan fingerprint density at radius 1 is 0.349 bits per heavy atom. The molecule has 0 amide bonds. The highest BCUT2D eigenvalue weighted by Crippen LogP contribution is 2.36. The number of nitrogens with zero attached hydrogens (tertiary/aromatic N) is 5. The van der Waals surface area contributed by atoms with Crippen LogP contribution in [0.2, 0.25) is 0 Å². The highest BCUT2D eigenvalue weighted by Gasteiger charge is 2.19. The summed E-state index contributed by atoms with van der Waals surface area (Å²) in [6, 6.07) is 46.0. The number of rotatable bonds is 5. The largest absolute Gasteiger partial charge is 0.452 e. The van der Waals surface area contributed by atoms with E-state index in [2.05, 4.69) is 0 Å². The average Bonchev–Trinajstić information content (AvgIpc) is 3.48. The van der Waals surface area contributed by atoms with E-state index < -0.39 is 0 Å². The number of aromatic nitrogens is 5. The van der Waals surface area contributed by atoms with Crippen LogP contribution in [0.1, 0.15) is 0 Å². The summed E-state index contributed by atoms with van der Waals surface area (Å²) in [6.45, 7) is 0. The summed E-state index contributed by atoms with van der Waals surface area (Å²) in [5.41, 5.74) is 7.56. The summed E-state index contributed by atoms with van der Waals surface area (Å²) >= 11 is 0. The lowest BCUT2D eigenvalue weighted by molar-refractivity contribution is 0.667. The highest BCUT2D eigenvalue weighted by atomic mass is 16.3. The molecule has 8 aromatic rings. The van der Waals surface area contributed by atoms with Gasteiger partial charge in [0.05, 0.1) is 0 Å². The van der Waals surface area contributed by atoms with Gasteiger partial charge in [0.2, 0.25) is 0 Å². The standard InChI is InChI=1S/C37H23N5O/c1-4-12-25(13-5-1)34-38-31(33-32(39-34)29-18-10-11-19-30(29)43-33)24-20-22-28(23-21-24)37-41-35(26-14-6-2-7-15-26)40-36(42-37)27-16-8-3-9-17-27/h1-23H. The van der Waals surface area contributed by atoms with Gasteiger partial charge in [0.25, 0.3) is 0 Å². The Bertz CT molecular complexity index is 2150. The molecule has 0 fully saturated rings. The molecular weight excluding hydrogens is 530 g/mol. The lowest BCUT2D eigenvalue weighted by Crippen LogP contribution is -2.00. The Kier molecular flexibility index (Phi) is 6.01. The summed E-state index contributed by atoms with van der Waals surface area (Å²) in [4.78, 5) is 24.5. The van der Waals surface area contributed by atoms with Crippen molar-refractivity contribution in [2.45, 2.75) is 0 Å². The molecule has 202 valence electrons. The van der Waals surface area contributed by atoms with Crippen molar-refractivity contribution in [3.05, 3.63) is 140 Å². The van der Waals surface area contributed by atoms with E-state index in [1.165, 1.54) is 0 Å². The first-order chi connectivity index (χ1) is 21.3. The van der Waals surface area contributed by atoms with E-state index in [0.29, 0.717) is 28.9 Å². The molecule has 5 aromatic carbocycles. The van der Waals surface area contributed by atoms with Crippen LogP contribution in [0.4, 0.5) is 0 Å². The maximum absolute atomic E-state index is 6.32. The van der Waals surface area contributed by atoms with E-state index in [1.807, 2.05) is 140 Å². The zero-order chi connectivity index (χ0) is 28.6. The lowest BCUT2D eigenvalue weighted by Gasteiger charge is -2.09. The predicted octanol–water partition coefficient (Wildman–Crippen LogP) is 8.90. The van der Waals surface area contributed by atoms with Crippen LogP contribution in [-0.4, -0.2) is 24.9 Å². The fraction of sp³-hybridized carbons (Fsp3) is 0. The van der Waals surface area contributed by atoms with Crippen LogP contribution in [-0.2, 0) is 0 Å². The number of hydrogen-bond donors (Lipinski definition) is 0. The van der Waals surface area contributed by atoms with Crippen molar-refractivity contribution >= 4 is 22.1 Å². The van der Waals surface area contributed by atoms with Crippen molar-refractivity contribution in [3.8, 4) is 56.8 Å². The van der Waals surface area contributed by atoms with Crippen LogP contribution in [0.3, 0.4) is 0 Å². The van der Waals surface area contributed by atoms with Crippen molar-refractivity contribution in [3.63, 3.8) is 0 Å². The summed E-state index contributed by atoms with van der Waals surface area (Å²) in [7, 11) is 0. The first kappa shape index (κ1) is 24.8. The number of para-hydroxylation sites is 1. The molecule has 6 heteroatoms. The molecule has 0 N–H and O–H groups in total. The average molecular weight is 554 g/mol. The Labute approximate surface area is 247 Å². The molecule has 6 nitrogen and oxygen atoms in total. The minimum atomic E-state index is 0.598. The second-order valence-corrected chi connectivity index (χ2v) is 10.2. The van der Waals surface area contributed by atoms with E-state index in [9.17, 15) is 0 Å². The van der Waals surface area contributed by atoms with E-state index in [4.69, 9.17) is 29.3 Å². The third-order valence-corrected chi connectivity index (χ3v) is 7.37. The molecule has 3 aromatic heterocycles. The molecule has 3 heterocycles. The molecular formula is C37H23N5O. The van der Waals surface area contributed by atoms with Gasteiger partial charge >= 0.3 is 0 Å². The van der Waals surface area contributed by atoms with Gasteiger partial charge in [-0.1, -0.05) is 127 Å². The molecule has 0 saturated heterocycles. The molecule has 0 aliphatic heterocycles. The number of hydrogen-bond acceptors (Lipinski definition) is 6. The first-order valence-electron chi connectivity index (χ1n) is 14.0. The minimum absolute atomic E-state index is 0.598. The van der Waals surface area contributed by atoms with Gasteiger partial charge < -0.3 is 4.42 Å². The van der Waals surface area contributed by atoms with Crippen molar-refractivity contribution in [1.82, 2.24) is 24.9 Å². The van der Waals surface area contributed by atoms with E-state index in [0.717, 1.165) is 50.0 Å². The zero-order valence-corrected chi connectivity index (χ0v) is 22.9. The Morgan fingerprint density at radius 2 is 0.767 bits per heavy atom. The number of benzene rings is 5. The van der Waals surface area contributed by atoms with Crippen LogP contribution in [0.25, 0.3) is 78.9 Å². The maximum atomic E-state index is 6.32. The monoisotopic (exact) mass is 553 g/mol. The quantitative estimate of drug-likeness (QED) is 0.212. The van der Waals surface area contributed by atoms with Crippen molar-refractivity contribution < 1.29 is 4.42 Å².